The van der Waals surface area contributed by atoms with Crippen molar-refractivity contribution < 1.29 is 24.2 Å². The molecule has 236 valence electrons. The van der Waals surface area contributed by atoms with Gasteiger partial charge in [-0.15, -0.1) is 0 Å². The number of benzene rings is 1. The van der Waals surface area contributed by atoms with E-state index in [1.54, 1.807) is 13.0 Å². The highest BCUT2D eigenvalue weighted by atomic mass is 16.5. The van der Waals surface area contributed by atoms with E-state index >= 15 is 0 Å². The molecule has 4 rings (SSSR count). The van der Waals surface area contributed by atoms with Crippen LogP contribution in [0, 0.1) is 11.8 Å². The number of hydrogen-bond donors (Lipinski definition) is 3. The van der Waals surface area contributed by atoms with Gasteiger partial charge in [-0.2, -0.15) is 0 Å². The molecule has 2 aromatic rings. The summed E-state index contributed by atoms with van der Waals surface area (Å²) in [7, 11) is 1.51. The number of aryl methyl sites for hydroxylation is 1. The van der Waals surface area contributed by atoms with Crippen LogP contribution in [0.1, 0.15) is 76.1 Å². The molecule has 9 heteroatoms. The average molecular weight is 595 g/mol. The summed E-state index contributed by atoms with van der Waals surface area (Å²) in [5.74, 6) is -1.00. The van der Waals surface area contributed by atoms with Crippen LogP contribution in [0.2, 0.25) is 0 Å². The van der Waals surface area contributed by atoms with Crippen LogP contribution in [0.15, 0.2) is 24.3 Å². The Hall–Kier alpha value is -2.85. The average Bonchev–Trinajstić information content (AvgIpc) is 3.10. The van der Waals surface area contributed by atoms with E-state index in [0.717, 1.165) is 47.2 Å². The maximum absolute atomic E-state index is 13.3. The first kappa shape index (κ1) is 33.1. The van der Waals surface area contributed by atoms with Crippen molar-refractivity contribution in [1.82, 2.24) is 20.5 Å². The van der Waals surface area contributed by atoms with Gasteiger partial charge in [-0.25, -0.2) is 4.98 Å². The van der Waals surface area contributed by atoms with Crippen molar-refractivity contribution in [2.75, 3.05) is 40.1 Å². The molecule has 0 saturated carbocycles. The standard InChI is InChI=1S/C34H50N4O5/c1-5-24(38-17-9-8-10-18-38)15-16-35-23-43-25-11-13-31-27(19-25)26(6-2)28-20-36-33(40)29(21-42-4)30(12-14-32(28)37-31)34(41,7-3)22-39/h11-14,19,22,24,29-30,35,41H,5-10,15-18,20-21,23H2,1-4H3,(H,36,40)/b14-12+. The number of methoxy groups -OCH3 is 1. The number of piperidine rings is 1. The van der Waals surface area contributed by atoms with Gasteiger partial charge in [0, 0.05) is 36.6 Å². The predicted octanol–water partition coefficient (Wildman–Crippen LogP) is 4.24. The minimum atomic E-state index is -1.70. The molecule has 0 aliphatic carbocycles. The number of nitrogens with one attached hydrogen (secondary N) is 2. The lowest BCUT2D eigenvalue weighted by atomic mass is 9.76. The zero-order valence-corrected chi connectivity index (χ0v) is 26.4. The Kier molecular flexibility index (Phi) is 12.1. The Morgan fingerprint density at radius 2 is 2.02 bits per heavy atom. The molecule has 9 nitrogen and oxygen atoms in total. The zero-order valence-electron chi connectivity index (χ0n) is 26.4. The van der Waals surface area contributed by atoms with Crippen molar-refractivity contribution in [2.45, 2.75) is 83.9 Å². The summed E-state index contributed by atoms with van der Waals surface area (Å²) < 4.78 is 11.4. The van der Waals surface area contributed by atoms with Gasteiger partial charge in [0.05, 0.1) is 23.7 Å². The second-order valence-electron chi connectivity index (χ2n) is 11.8. The molecule has 1 fully saturated rings. The number of carbonyl (C=O) groups is 2. The van der Waals surface area contributed by atoms with Gasteiger partial charge in [-0.1, -0.05) is 33.3 Å². The fourth-order valence-electron chi connectivity index (χ4n) is 6.67. The number of hydrogen-bond acceptors (Lipinski definition) is 8. The Bertz CT molecular complexity index is 1260. The molecule has 43 heavy (non-hydrogen) atoms. The van der Waals surface area contributed by atoms with Crippen molar-refractivity contribution in [3.05, 3.63) is 41.1 Å². The molecule has 1 amide bonds. The molecular weight excluding hydrogens is 544 g/mol. The third-order valence-electron chi connectivity index (χ3n) is 9.30. The van der Waals surface area contributed by atoms with Gasteiger partial charge in [0.25, 0.3) is 0 Å². The van der Waals surface area contributed by atoms with Crippen LogP contribution in [-0.4, -0.2) is 78.9 Å². The summed E-state index contributed by atoms with van der Waals surface area (Å²) in [5, 5.41) is 18.6. The van der Waals surface area contributed by atoms with E-state index in [1.807, 2.05) is 24.3 Å². The van der Waals surface area contributed by atoms with Crippen molar-refractivity contribution in [3.8, 4) is 5.75 Å². The molecule has 0 bridgehead atoms. The molecular formula is C34H50N4O5. The van der Waals surface area contributed by atoms with E-state index in [1.165, 1.54) is 45.9 Å². The molecule has 2 aliphatic heterocycles. The number of rotatable bonds is 14. The molecule has 4 atom stereocenters. The van der Waals surface area contributed by atoms with Gasteiger partial charge in [0.15, 0.2) is 6.29 Å². The minimum absolute atomic E-state index is 0.0788. The lowest BCUT2D eigenvalue weighted by Crippen LogP contribution is -2.48. The van der Waals surface area contributed by atoms with Crippen LogP contribution in [0.3, 0.4) is 0 Å². The molecule has 0 spiro atoms. The van der Waals surface area contributed by atoms with Crippen LogP contribution in [0.4, 0.5) is 0 Å². The quantitative estimate of drug-likeness (QED) is 0.169. The third kappa shape index (κ3) is 7.81. The second-order valence-corrected chi connectivity index (χ2v) is 11.8. The lowest BCUT2D eigenvalue weighted by Gasteiger charge is -2.34. The van der Waals surface area contributed by atoms with E-state index in [4.69, 9.17) is 14.5 Å². The first-order valence-corrected chi connectivity index (χ1v) is 16.1. The van der Waals surface area contributed by atoms with Crippen molar-refractivity contribution in [3.63, 3.8) is 0 Å². The van der Waals surface area contributed by atoms with E-state index in [0.29, 0.717) is 24.8 Å². The van der Waals surface area contributed by atoms with Gasteiger partial charge >= 0.3 is 0 Å². The van der Waals surface area contributed by atoms with Crippen molar-refractivity contribution in [1.29, 1.82) is 0 Å². The largest absolute Gasteiger partial charge is 0.478 e. The summed E-state index contributed by atoms with van der Waals surface area (Å²) in [6.07, 6.45) is 11.3. The minimum Gasteiger partial charge on any atom is -0.478 e. The smallest absolute Gasteiger partial charge is 0.226 e. The topological polar surface area (TPSA) is 113 Å². The van der Waals surface area contributed by atoms with E-state index in [-0.39, 0.29) is 25.5 Å². The fraction of sp³-hybridized carbons (Fsp3) is 0.618. The lowest BCUT2D eigenvalue weighted by molar-refractivity contribution is -0.139. The van der Waals surface area contributed by atoms with Crippen LogP contribution in [0.5, 0.6) is 5.75 Å². The molecule has 2 aliphatic rings. The molecule has 4 unspecified atom stereocenters. The molecule has 1 saturated heterocycles. The highest BCUT2D eigenvalue weighted by molar-refractivity contribution is 5.87. The summed E-state index contributed by atoms with van der Waals surface area (Å²) >= 11 is 0. The van der Waals surface area contributed by atoms with Crippen molar-refractivity contribution in [2.24, 2.45) is 11.8 Å². The number of aromatic nitrogens is 1. The Balaban J connectivity index is 1.52. The maximum atomic E-state index is 13.3. The number of carbonyl (C=O) groups excluding carboxylic acids is 2. The fourth-order valence-corrected chi connectivity index (χ4v) is 6.67. The van der Waals surface area contributed by atoms with Crippen LogP contribution in [-0.2, 0) is 27.3 Å². The zero-order chi connectivity index (χ0) is 30.8. The van der Waals surface area contributed by atoms with E-state index in [2.05, 4.69) is 29.4 Å². The molecule has 0 radical (unpaired) electrons. The summed E-state index contributed by atoms with van der Waals surface area (Å²) in [6, 6.07) is 6.55. The SMILES string of the molecule is CCc1c2c(nc3ccc(OCNCCC(CC)N4CCCCC4)cc13)/C=C/C(C(O)(C=O)CC)C(COC)C(=O)NC2. The summed E-state index contributed by atoms with van der Waals surface area (Å²) in [4.78, 5) is 32.9. The summed E-state index contributed by atoms with van der Waals surface area (Å²) in [6.45, 7) is 10.2. The van der Waals surface area contributed by atoms with Crippen LogP contribution >= 0.6 is 0 Å². The maximum Gasteiger partial charge on any atom is 0.226 e. The van der Waals surface area contributed by atoms with Crippen LogP contribution < -0.4 is 15.4 Å². The first-order valence-electron chi connectivity index (χ1n) is 16.1. The van der Waals surface area contributed by atoms with Crippen LogP contribution in [0.25, 0.3) is 17.0 Å². The molecule has 1 aromatic heterocycles. The monoisotopic (exact) mass is 594 g/mol. The number of aldehydes is 1. The van der Waals surface area contributed by atoms with E-state index in [9.17, 15) is 14.7 Å². The number of likely N-dealkylation sites (tertiary alicyclic amines) is 1. The highest BCUT2D eigenvalue weighted by Gasteiger charge is 2.42. The normalized spacial score (nSPS) is 22.4. The van der Waals surface area contributed by atoms with Gasteiger partial charge in [-0.3, -0.25) is 10.1 Å². The van der Waals surface area contributed by atoms with Gasteiger partial charge in [-0.05, 0) is 88.0 Å². The second kappa shape index (κ2) is 15.7. The van der Waals surface area contributed by atoms with Gasteiger partial charge < -0.3 is 29.6 Å². The van der Waals surface area contributed by atoms with Gasteiger partial charge in [0.1, 0.15) is 18.1 Å². The molecule has 3 heterocycles. The number of nitrogens with zero attached hydrogens (tertiary/aromatic N) is 2. The number of aliphatic hydroxyl groups is 1. The van der Waals surface area contributed by atoms with E-state index < -0.39 is 17.4 Å². The molecule has 1 aromatic carbocycles. The third-order valence-corrected chi connectivity index (χ3v) is 9.30. The molecule has 3 N–H and O–H groups in total. The van der Waals surface area contributed by atoms with Gasteiger partial charge in [0.2, 0.25) is 5.91 Å². The Labute approximate surface area is 256 Å². The predicted molar refractivity (Wildman–Crippen MR) is 170 cm³/mol. The number of fused-ring (bicyclic) bond motifs is 2. The summed E-state index contributed by atoms with van der Waals surface area (Å²) in [5.41, 5.74) is 1.84. The number of pyridine rings is 1. The Morgan fingerprint density at radius 1 is 1.23 bits per heavy atom. The first-order chi connectivity index (χ1) is 20.9. The highest BCUT2D eigenvalue weighted by Crippen LogP contribution is 2.33. The number of ether oxygens (including phenoxy) is 2. The van der Waals surface area contributed by atoms with Crippen molar-refractivity contribution >= 4 is 29.2 Å². The number of amides is 1. The Morgan fingerprint density at radius 3 is 2.70 bits per heavy atom.